The number of carbonyl (C=O) groups is 12. The molecule has 6 aliphatic heterocycles. The summed E-state index contributed by atoms with van der Waals surface area (Å²) in [4.78, 5) is 141. The number of carboxylic acid groups (broad SMARTS) is 3. The third-order valence-electron chi connectivity index (χ3n) is 16.0. The molecule has 10 rings (SSSR count). The molecule has 2 amide bonds. The number of hydrogen-bond donors (Lipinski definition) is 6. The Labute approximate surface area is 657 Å². The number of ether oxygens (including phenoxy) is 10. The van der Waals surface area contributed by atoms with Crippen molar-refractivity contribution in [3.8, 4) is 0 Å². The standard InChI is InChI=1S/2C12H13ClO4S.C11H11ClO4S.C11H20NO5P.C10H17NO5.C6H12NO3P.C5H3ClO2S/c2*1-16-11(15)12(4-5-17-7-12)6-8(14)9-2-3-10(13)18-9;12-9-2-1-8(17-9)7(13)5-11(10(14)15)3-4-16-6-11;1-10(2,3)16-9(14)12-11(5-6-15-7-11)8(13)17-18-4;1-9(2,3)16-8(14)11-10(7(12)13)4-5-15-6-10;1-11-10-5(8)6(7)2-3-9-4-6;6-4-2-1-3(9-4)5(7)8/h2*2-3H,4-7H2,1H3;1-2H,3-6H2,(H,14,15);18H,5-7H2,1-4H3,(H,12,14);4-6H2,1-3H3,(H,11,14)(H,12,13);11H,2-4,7H2,1H3;1-2H,(H,7,8)/t12-;;11-;;;;/m0.0..../s1. The van der Waals surface area contributed by atoms with Crippen molar-refractivity contribution in [3.63, 3.8) is 0 Å². The summed E-state index contributed by atoms with van der Waals surface area (Å²) in [5.74, 6) is -4.93. The van der Waals surface area contributed by atoms with E-state index in [1.165, 1.54) is 54.3 Å². The first kappa shape index (κ1) is 93.8. The van der Waals surface area contributed by atoms with Crippen molar-refractivity contribution in [1.82, 2.24) is 10.6 Å². The highest BCUT2D eigenvalue weighted by Crippen LogP contribution is 2.40. The number of carbonyl (C=O) groups excluding carboxylic acids is 9. The number of hydrogen-bond acceptors (Lipinski definition) is 29. The van der Waals surface area contributed by atoms with Crippen LogP contribution in [-0.2, 0) is 85.2 Å². The third-order valence-corrected chi connectivity index (χ3v) is 21.8. The number of Topliss-reactive ketones (excluding diaryl/α,β-unsaturated/α-hetero) is 3. The first-order valence-electron chi connectivity index (χ1n) is 32.6. The highest BCUT2D eigenvalue weighted by atomic mass is 35.5. The van der Waals surface area contributed by atoms with Gasteiger partial charge in [-0.15, -0.1) is 45.3 Å². The Hall–Kier alpha value is -5.62. The van der Waals surface area contributed by atoms with Crippen LogP contribution in [0.25, 0.3) is 0 Å². The molecule has 0 spiro atoms. The molecule has 4 aromatic heterocycles. The van der Waals surface area contributed by atoms with Gasteiger partial charge in [0.15, 0.2) is 28.4 Å². The van der Waals surface area contributed by atoms with Gasteiger partial charge in [0, 0.05) is 78.2 Å². The van der Waals surface area contributed by atoms with Gasteiger partial charge >= 0.3 is 54.0 Å². The van der Waals surface area contributed by atoms with Gasteiger partial charge in [0.2, 0.25) is 0 Å². The molecular formula is C67H89Cl4N3O27P2S4. The second-order valence-corrected chi connectivity index (χ2v) is 34.6. The van der Waals surface area contributed by atoms with E-state index in [0.717, 1.165) is 11.3 Å². The van der Waals surface area contributed by atoms with Crippen LogP contribution in [0.5, 0.6) is 0 Å². The van der Waals surface area contributed by atoms with E-state index in [9.17, 15) is 62.6 Å². The van der Waals surface area contributed by atoms with Crippen LogP contribution in [0.1, 0.15) is 138 Å². The van der Waals surface area contributed by atoms with Gasteiger partial charge in [0.05, 0.1) is 103 Å². The lowest BCUT2D eigenvalue weighted by atomic mass is 9.82. The highest BCUT2D eigenvalue weighted by Gasteiger charge is 2.50. The number of ketones is 3. The van der Waals surface area contributed by atoms with E-state index in [1.807, 2.05) is 0 Å². The molecule has 596 valence electrons. The maximum Gasteiger partial charge on any atom is 0.408 e. The van der Waals surface area contributed by atoms with Gasteiger partial charge in [0.25, 0.3) is 0 Å². The lowest BCUT2D eigenvalue weighted by Gasteiger charge is -2.28. The number of nitrogens with two attached hydrogens (primary N) is 1. The molecule has 10 heterocycles. The number of nitrogens with one attached hydrogen (secondary N) is 2. The fraction of sp³-hybridized carbons (Fsp3) is 0.582. The summed E-state index contributed by atoms with van der Waals surface area (Å²) in [6.45, 7) is 17.6. The molecule has 0 radical (unpaired) electrons. The predicted octanol–water partition coefficient (Wildman–Crippen LogP) is 11.7. The molecule has 8 atom stereocenters. The fourth-order valence-corrected chi connectivity index (χ4v) is 14.9. The summed E-state index contributed by atoms with van der Waals surface area (Å²) in [6, 6.07) is 13.0. The van der Waals surface area contributed by atoms with Crippen molar-refractivity contribution in [2.45, 2.75) is 127 Å². The Morgan fingerprint density at radius 1 is 0.439 bits per heavy atom. The zero-order valence-corrected chi connectivity index (χ0v) is 68.6. The molecule has 6 fully saturated rings. The second kappa shape index (κ2) is 43.3. The van der Waals surface area contributed by atoms with Gasteiger partial charge in [-0.05, 0) is 123 Å². The molecule has 40 heteroatoms. The fourth-order valence-electron chi connectivity index (χ4n) is 10.3. The van der Waals surface area contributed by atoms with Gasteiger partial charge in [-0.3, -0.25) is 28.8 Å². The Balaban J connectivity index is 0.000000267. The van der Waals surface area contributed by atoms with Crippen LogP contribution in [0.3, 0.4) is 0 Å². The quantitative estimate of drug-likeness (QED) is 0.0207. The van der Waals surface area contributed by atoms with Crippen molar-refractivity contribution in [3.05, 3.63) is 85.4 Å². The van der Waals surface area contributed by atoms with Gasteiger partial charge < -0.3 is 88.1 Å². The van der Waals surface area contributed by atoms with Crippen LogP contribution in [0.2, 0.25) is 17.3 Å². The zero-order chi connectivity index (χ0) is 80.2. The van der Waals surface area contributed by atoms with Crippen molar-refractivity contribution in [1.29, 1.82) is 0 Å². The van der Waals surface area contributed by atoms with E-state index >= 15 is 0 Å². The number of amides is 2. The van der Waals surface area contributed by atoms with Crippen LogP contribution in [0, 0.1) is 16.2 Å². The van der Waals surface area contributed by atoms with E-state index in [1.54, 1.807) is 97.3 Å². The lowest BCUT2D eigenvalue weighted by molar-refractivity contribution is -0.153. The minimum Gasteiger partial charge on any atom is -0.481 e. The van der Waals surface area contributed by atoms with E-state index < -0.39 is 80.1 Å². The number of alkyl carbamates (subject to hydrolysis) is 2. The number of thiophene rings is 4. The molecule has 4 aromatic rings. The largest absolute Gasteiger partial charge is 0.481 e. The van der Waals surface area contributed by atoms with E-state index in [0.29, 0.717) is 104 Å². The second-order valence-electron chi connectivity index (χ2n) is 26.5. The summed E-state index contributed by atoms with van der Waals surface area (Å²) in [5.41, 5.74) is -1.61. The molecule has 0 saturated carbocycles. The van der Waals surface area contributed by atoms with Gasteiger partial charge in [-0.25, -0.2) is 28.8 Å². The van der Waals surface area contributed by atoms with E-state index in [2.05, 4.69) is 10.6 Å². The van der Waals surface area contributed by atoms with Crippen LogP contribution in [0.15, 0.2) is 48.5 Å². The number of aliphatic carboxylic acids is 2. The number of aromatic carboxylic acids is 1. The molecule has 0 aromatic carbocycles. The number of esters is 2. The molecule has 107 heavy (non-hydrogen) atoms. The minimum absolute atomic E-state index is 0.0262. The Morgan fingerprint density at radius 3 is 1.03 bits per heavy atom. The summed E-state index contributed by atoms with van der Waals surface area (Å²) in [5, 5.41) is 31.6. The number of halogens is 4. The molecule has 30 nitrogen and oxygen atoms in total. The van der Waals surface area contributed by atoms with Crippen LogP contribution in [0.4, 0.5) is 9.59 Å². The first-order chi connectivity index (χ1) is 50.1. The Bertz CT molecular complexity index is 3580. The van der Waals surface area contributed by atoms with Crippen molar-refractivity contribution in [2.24, 2.45) is 22.0 Å². The van der Waals surface area contributed by atoms with Crippen LogP contribution >= 0.6 is 109 Å². The number of methoxy groups -OCH3 is 2. The average molecular weight is 1700 g/mol. The summed E-state index contributed by atoms with van der Waals surface area (Å²) in [7, 11) is 2.85. The van der Waals surface area contributed by atoms with Gasteiger partial charge in [-0.1, -0.05) is 46.4 Å². The molecule has 6 saturated heterocycles. The molecule has 6 aliphatic rings. The van der Waals surface area contributed by atoms with Crippen LogP contribution < -0.4 is 16.4 Å². The third kappa shape index (κ3) is 29.5. The topological polar surface area (TPSA) is 426 Å². The van der Waals surface area contributed by atoms with Crippen molar-refractivity contribution < 1.29 is 129 Å². The number of carboxylic acids is 3. The minimum atomic E-state index is -1.34. The van der Waals surface area contributed by atoms with Gasteiger partial charge in [0.1, 0.15) is 37.9 Å². The normalized spacial score (nSPS) is 23.4. The molecular weight excluding hydrogens is 1610 g/mol. The average Bonchev–Trinajstić information content (AvgIpc) is 1.74. The maximum atomic E-state index is 12.1. The summed E-state index contributed by atoms with van der Waals surface area (Å²) >= 11 is 27.5. The Kier molecular flexibility index (Phi) is 37.9. The lowest BCUT2D eigenvalue weighted by Crippen LogP contribution is -2.56. The summed E-state index contributed by atoms with van der Waals surface area (Å²) in [6.07, 6.45) is 1.45. The van der Waals surface area contributed by atoms with E-state index in [-0.39, 0.29) is 123 Å². The summed E-state index contributed by atoms with van der Waals surface area (Å²) < 4.78 is 62.5. The van der Waals surface area contributed by atoms with Crippen LogP contribution in [-0.4, -0.2) is 221 Å². The maximum absolute atomic E-state index is 12.1. The molecule has 7 N–H and O–H groups in total. The zero-order valence-electron chi connectivity index (χ0n) is 60.3. The van der Waals surface area contributed by atoms with Crippen molar-refractivity contribution in [2.75, 3.05) is 107 Å². The SMILES string of the molecule is CC(C)(C)OC(=O)NC1(C(=O)O)CCOC1.COC(=O)C1(CC(=O)c2ccc(Cl)s2)CCOC1.COC(=O)[C@]1(CC(=O)c2ccc(Cl)s2)CCOC1.CPOC(=O)C1(N)CCOC1.CPOC(=O)C1(NC(=O)OC(C)(C)C)CCOC1.O=C(C[C@@]1(C(=O)O)CCOC1)c1ccc(Cl)s1.O=C(O)c1ccc(Cl)s1. The first-order valence-corrected chi connectivity index (χ1v) is 40.2. The molecule has 0 aliphatic carbocycles. The Morgan fingerprint density at radius 2 is 0.757 bits per heavy atom. The molecule has 0 bridgehead atoms. The van der Waals surface area contributed by atoms with E-state index in [4.69, 9.17) is 119 Å². The smallest absolute Gasteiger partial charge is 0.408 e. The molecule has 6 unspecified atom stereocenters. The monoisotopic (exact) mass is 1700 g/mol. The predicted molar refractivity (Wildman–Crippen MR) is 402 cm³/mol. The van der Waals surface area contributed by atoms with Crippen molar-refractivity contribution >= 4 is 181 Å². The van der Waals surface area contributed by atoms with Gasteiger partial charge in [-0.2, -0.15) is 0 Å². The highest BCUT2D eigenvalue weighted by molar-refractivity contribution is 7.32. The number of rotatable bonds is 20.